The maximum absolute atomic E-state index is 11.5. The molecule has 1 aromatic heterocycles. The van der Waals surface area contributed by atoms with Crippen molar-refractivity contribution in [2.45, 2.75) is 0 Å². The summed E-state index contributed by atoms with van der Waals surface area (Å²) in [4.78, 5) is 2.29. The SMILES string of the molecule is O=S1CCN(c2ccc(-c3cnn(-c4cccc(Cl)c4)c3)cc2)CC1. The highest BCUT2D eigenvalue weighted by molar-refractivity contribution is 7.85. The molecule has 1 aliphatic rings. The molecule has 0 aliphatic carbocycles. The number of anilines is 1. The lowest BCUT2D eigenvalue weighted by Crippen LogP contribution is -2.37. The highest BCUT2D eigenvalue weighted by Gasteiger charge is 2.15. The fraction of sp³-hybridized carbons (Fsp3) is 0.211. The van der Waals surface area contributed by atoms with E-state index in [2.05, 4.69) is 34.3 Å². The summed E-state index contributed by atoms with van der Waals surface area (Å²) in [5.41, 5.74) is 4.31. The minimum Gasteiger partial charge on any atom is -0.370 e. The van der Waals surface area contributed by atoms with Crippen LogP contribution in [0.4, 0.5) is 5.69 Å². The van der Waals surface area contributed by atoms with Gasteiger partial charge >= 0.3 is 0 Å². The Balaban J connectivity index is 1.54. The van der Waals surface area contributed by atoms with Crippen LogP contribution in [0.5, 0.6) is 0 Å². The molecular formula is C19H18ClN3OS. The highest BCUT2D eigenvalue weighted by Crippen LogP contribution is 2.25. The van der Waals surface area contributed by atoms with E-state index in [1.54, 1.807) is 0 Å². The van der Waals surface area contributed by atoms with Gasteiger partial charge in [-0.05, 0) is 35.9 Å². The Morgan fingerprint density at radius 3 is 2.44 bits per heavy atom. The summed E-state index contributed by atoms with van der Waals surface area (Å²) in [5.74, 6) is 1.52. The monoisotopic (exact) mass is 371 g/mol. The van der Waals surface area contributed by atoms with Crippen LogP contribution in [-0.4, -0.2) is 38.6 Å². The molecule has 0 unspecified atom stereocenters. The zero-order chi connectivity index (χ0) is 17.2. The summed E-state index contributed by atoms with van der Waals surface area (Å²) in [6, 6.07) is 16.1. The standard InChI is InChI=1S/C19H18ClN3OS/c20-17-2-1-3-19(12-17)23-14-16(13-21-23)15-4-6-18(7-5-15)22-8-10-25(24)11-9-22/h1-7,12-14H,8-11H2. The van der Waals surface area contributed by atoms with Gasteiger partial charge in [-0.15, -0.1) is 0 Å². The van der Waals surface area contributed by atoms with Crippen molar-refractivity contribution in [1.29, 1.82) is 0 Å². The van der Waals surface area contributed by atoms with Crippen molar-refractivity contribution in [3.63, 3.8) is 0 Å². The van der Waals surface area contributed by atoms with Gasteiger partial charge in [0.25, 0.3) is 0 Å². The molecule has 3 aromatic rings. The fourth-order valence-electron chi connectivity index (χ4n) is 2.99. The number of hydrogen-bond donors (Lipinski definition) is 0. The summed E-state index contributed by atoms with van der Waals surface area (Å²) in [5, 5.41) is 5.13. The second kappa shape index (κ2) is 7.02. The van der Waals surface area contributed by atoms with Crippen LogP contribution in [0.2, 0.25) is 5.02 Å². The molecule has 2 aromatic carbocycles. The topological polar surface area (TPSA) is 38.1 Å². The first-order valence-corrected chi connectivity index (χ1v) is 10.1. The Morgan fingerprint density at radius 2 is 1.72 bits per heavy atom. The van der Waals surface area contributed by atoms with Gasteiger partial charge < -0.3 is 4.90 Å². The van der Waals surface area contributed by atoms with Gasteiger partial charge in [-0.1, -0.05) is 29.8 Å². The van der Waals surface area contributed by atoms with E-state index in [4.69, 9.17) is 11.6 Å². The van der Waals surface area contributed by atoms with Gasteiger partial charge in [0.05, 0.1) is 11.9 Å². The van der Waals surface area contributed by atoms with Crippen molar-refractivity contribution < 1.29 is 4.21 Å². The minimum atomic E-state index is -0.648. The zero-order valence-corrected chi connectivity index (χ0v) is 15.2. The Hall–Kier alpha value is -2.11. The normalized spacial score (nSPS) is 15.5. The molecule has 0 bridgehead atoms. The molecule has 4 nitrogen and oxygen atoms in total. The molecule has 0 atom stereocenters. The third-order valence-corrected chi connectivity index (χ3v) is 5.91. The second-order valence-corrected chi connectivity index (χ2v) is 8.17. The molecule has 1 saturated heterocycles. The van der Waals surface area contributed by atoms with Crippen molar-refractivity contribution in [2.24, 2.45) is 0 Å². The molecule has 0 amide bonds. The maximum Gasteiger partial charge on any atom is 0.0660 e. The molecule has 4 rings (SSSR count). The Morgan fingerprint density at radius 1 is 0.960 bits per heavy atom. The molecule has 6 heteroatoms. The third-order valence-electron chi connectivity index (χ3n) is 4.40. The van der Waals surface area contributed by atoms with Gasteiger partial charge in [-0.3, -0.25) is 4.21 Å². The van der Waals surface area contributed by atoms with Gasteiger partial charge in [0.15, 0.2) is 0 Å². The van der Waals surface area contributed by atoms with Crippen LogP contribution in [0.1, 0.15) is 0 Å². The Labute approximate surface area is 154 Å². The summed E-state index contributed by atoms with van der Waals surface area (Å²) in [7, 11) is -0.648. The smallest absolute Gasteiger partial charge is 0.0660 e. The predicted molar refractivity (Wildman–Crippen MR) is 104 cm³/mol. The van der Waals surface area contributed by atoms with Crippen LogP contribution in [0.3, 0.4) is 0 Å². The largest absolute Gasteiger partial charge is 0.370 e. The van der Waals surface area contributed by atoms with Gasteiger partial charge in [0, 0.05) is 57.9 Å². The summed E-state index contributed by atoms with van der Waals surface area (Å²) in [6.07, 6.45) is 3.87. The van der Waals surface area contributed by atoms with E-state index in [9.17, 15) is 4.21 Å². The molecule has 0 saturated carbocycles. The van der Waals surface area contributed by atoms with Gasteiger partial charge in [0.1, 0.15) is 0 Å². The summed E-state index contributed by atoms with van der Waals surface area (Å²) in [6.45, 7) is 1.72. The maximum atomic E-state index is 11.5. The lowest BCUT2D eigenvalue weighted by atomic mass is 10.1. The first kappa shape index (κ1) is 16.4. The molecule has 128 valence electrons. The molecule has 1 aliphatic heterocycles. The molecular weight excluding hydrogens is 354 g/mol. The van der Waals surface area contributed by atoms with Gasteiger partial charge in [0.2, 0.25) is 0 Å². The van der Waals surface area contributed by atoms with Crippen molar-refractivity contribution in [3.05, 3.63) is 65.9 Å². The first-order chi connectivity index (χ1) is 12.2. The number of rotatable bonds is 3. The van der Waals surface area contributed by atoms with Crippen molar-refractivity contribution in [2.75, 3.05) is 29.5 Å². The lowest BCUT2D eigenvalue weighted by molar-refractivity contribution is 0.673. The molecule has 2 heterocycles. The van der Waals surface area contributed by atoms with E-state index in [1.807, 2.05) is 41.3 Å². The lowest BCUT2D eigenvalue weighted by Gasteiger charge is -2.28. The highest BCUT2D eigenvalue weighted by atomic mass is 35.5. The second-order valence-electron chi connectivity index (χ2n) is 6.04. The van der Waals surface area contributed by atoms with E-state index in [1.165, 1.54) is 5.69 Å². The predicted octanol–water partition coefficient (Wildman–Crippen LogP) is 3.76. The van der Waals surface area contributed by atoms with Crippen LogP contribution in [0, 0.1) is 0 Å². The number of halogens is 1. The first-order valence-electron chi connectivity index (χ1n) is 8.20. The molecule has 0 N–H and O–H groups in total. The van der Waals surface area contributed by atoms with E-state index < -0.39 is 10.8 Å². The number of benzene rings is 2. The minimum absolute atomic E-state index is 0.648. The average molecular weight is 372 g/mol. The van der Waals surface area contributed by atoms with Crippen molar-refractivity contribution >= 4 is 28.1 Å². The number of hydrogen-bond acceptors (Lipinski definition) is 3. The Bertz CT molecular complexity index is 897. The Kier molecular flexibility index (Phi) is 4.59. The van der Waals surface area contributed by atoms with Gasteiger partial charge in [-0.25, -0.2) is 4.68 Å². The number of aromatic nitrogens is 2. The fourth-order valence-corrected chi connectivity index (χ4v) is 4.23. The molecule has 0 radical (unpaired) electrons. The molecule has 25 heavy (non-hydrogen) atoms. The summed E-state index contributed by atoms with van der Waals surface area (Å²) < 4.78 is 13.3. The van der Waals surface area contributed by atoms with E-state index >= 15 is 0 Å². The van der Waals surface area contributed by atoms with E-state index in [0.717, 1.165) is 41.4 Å². The molecule has 0 spiro atoms. The van der Waals surface area contributed by atoms with Gasteiger partial charge in [-0.2, -0.15) is 5.10 Å². The van der Waals surface area contributed by atoms with Crippen LogP contribution in [0.15, 0.2) is 60.9 Å². The van der Waals surface area contributed by atoms with Crippen LogP contribution >= 0.6 is 11.6 Å². The molecule has 1 fully saturated rings. The van der Waals surface area contributed by atoms with Crippen LogP contribution < -0.4 is 4.90 Å². The van der Waals surface area contributed by atoms with Crippen LogP contribution in [-0.2, 0) is 10.8 Å². The van der Waals surface area contributed by atoms with Crippen molar-refractivity contribution in [3.8, 4) is 16.8 Å². The zero-order valence-electron chi connectivity index (χ0n) is 13.6. The quantitative estimate of drug-likeness (QED) is 0.703. The van der Waals surface area contributed by atoms with E-state index in [0.29, 0.717) is 5.02 Å². The summed E-state index contributed by atoms with van der Waals surface area (Å²) >= 11 is 6.05. The van der Waals surface area contributed by atoms with Crippen LogP contribution in [0.25, 0.3) is 16.8 Å². The van der Waals surface area contributed by atoms with Crippen molar-refractivity contribution in [1.82, 2.24) is 9.78 Å². The average Bonchev–Trinajstić information content (AvgIpc) is 3.13. The number of nitrogens with zero attached hydrogens (tertiary/aromatic N) is 3. The third kappa shape index (κ3) is 3.62. The van der Waals surface area contributed by atoms with E-state index in [-0.39, 0.29) is 0 Å².